The maximum atomic E-state index is 12.8. The molecule has 1 aromatic carbocycles. The molecule has 2 aromatic heterocycles. The summed E-state index contributed by atoms with van der Waals surface area (Å²) in [5, 5.41) is 2.75. The first-order chi connectivity index (χ1) is 15.4. The number of benzene rings is 1. The molecule has 0 saturated heterocycles. The van der Waals surface area contributed by atoms with Crippen LogP contribution in [0.4, 0.5) is 5.82 Å². The lowest BCUT2D eigenvalue weighted by atomic mass is 10.2. The average molecular weight is 456 g/mol. The Morgan fingerprint density at radius 1 is 1.12 bits per heavy atom. The third-order valence-electron chi connectivity index (χ3n) is 4.45. The van der Waals surface area contributed by atoms with Crippen LogP contribution in [0.2, 0.25) is 0 Å². The Kier molecular flexibility index (Phi) is 7.72. The zero-order valence-corrected chi connectivity index (χ0v) is 18.7. The van der Waals surface area contributed by atoms with E-state index < -0.39 is 15.9 Å². The molecule has 1 amide bonds. The van der Waals surface area contributed by atoms with Crippen molar-refractivity contribution >= 4 is 21.7 Å². The highest BCUT2D eigenvalue weighted by Gasteiger charge is 2.21. The second-order valence-electron chi connectivity index (χ2n) is 7.09. The lowest BCUT2D eigenvalue weighted by Gasteiger charge is -2.13. The summed E-state index contributed by atoms with van der Waals surface area (Å²) < 4.78 is 33.7. The summed E-state index contributed by atoms with van der Waals surface area (Å²) in [4.78, 5) is 24.8. The molecule has 3 rings (SSSR count). The van der Waals surface area contributed by atoms with Crippen molar-refractivity contribution < 1.29 is 17.9 Å². The van der Waals surface area contributed by atoms with E-state index >= 15 is 0 Å². The molecule has 3 aromatic rings. The zero-order chi connectivity index (χ0) is 23.0. The molecule has 168 valence electrons. The lowest BCUT2D eigenvalue weighted by molar-refractivity contribution is 0.0946. The van der Waals surface area contributed by atoms with Crippen molar-refractivity contribution in [3.05, 3.63) is 71.8 Å². The number of carbonyl (C=O) groups excluding carboxylic acids is 1. The standard InChI is InChI=1S/C22H25N5O4S/c1-3-4-12-24-21(28)19-14-25-20(22(26-19)31-15-17-6-5-11-23-13-17)27-32(29,30)18-9-7-16(2)8-10-18/h5-11,13-14H,3-4,12,15H2,1-2H3,(H,24,28)(H,25,27). The molecule has 0 saturated carbocycles. The van der Waals surface area contributed by atoms with E-state index in [9.17, 15) is 13.2 Å². The molecule has 0 bridgehead atoms. The third-order valence-corrected chi connectivity index (χ3v) is 5.80. The summed E-state index contributed by atoms with van der Waals surface area (Å²) in [5.41, 5.74) is 1.71. The number of nitrogens with zero attached hydrogens (tertiary/aromatic N) is 3. The Bertz CT molecular complexity index is 1150. The van der Waals surface area contributed by atoms with Gasteiger partial charge >= 0.3 is 0 Å². The van der Waals surface area contributed by atoms with Gasteiger partial charge in [0.25, 0.3) is 21.8 Å². The smallest absolute Gasteiger partial charge is 0.271 e. The fourth-order valence-electron chi connectivity index (χ4n) is 2.66. The highest BCUT2D eigenvalue weighted by atomic mass is 32.2. The quantitative estimate of drug-likeness (QED) is 0.450. The zero-order valence-electron chi connectivity index (χ0n) is 17.9. The van der Waals surface area contributed by atoms with Gasteiger partial charge in [-0.2, -0.15) is 0 Å². The van der Waals surface area contributed by atoms with Gasteiger partial charge < -0.3 is 10.1 Å². The normalized spacial score (nSPS) is 11.1. The van der Waals surface area contributed by atoms with E-state index in [2.05, 4.69) is 25.0 Å². The number of sulfonamides is 1. The third kappa shape index (κ3) is 6.24. The second kappa shape index (κ2) is 10.7. The minimum absolute atomic E-state index is 0.0283. The van der Waals surface area contributed by atoms with Crippen molar-refractivity contribution in [3.8, 4) is 5.88 Å². The van der Waals surface area contributed by atoms with Gasteiger partial charge in [-0.25, -0.2) is 18.4 Å². The van der Waals surface area contributed by atoms with Gasteiger partial charge in [0.15, 0.2) is 5.69 Å². The molecule has 0 aliphatic heterocycles. The number of anilines is 1. The van der Waals surface area contributed by atoms with Crippen molar-refractivity contribution in [1.82, 2.24) is 20.3 Å². The van der Waals surface area contributed by atoms with Crippen molar-refractivity contribution in [2.75, 3.05) is 11.3 Å². The van der Waals surface area contributed by atoms with Gasteiger partial charge in [0.1, 0.15) is 6.61 Å². The summed E-state index contributed by atoms with van der Waals surface area (Å²) in [5.74, 6) is -0.627. The fraction of sp³-hybridized carbons (Fsp3) is 0.273. The number of pyridine rings is 1. The molecule has 0 atom stereocenters. The first kappa shape index (κ1) is 23.1. The maximum absolute atomic E-state index is 12.8. The van der Waals surface area contributed by atoms with Gasteiger partial charge in [0, 0.05) is 24.5 Å². The van der Waals surface area contributed by atoms with E-state index in [0.717, 1.165) is 24.0 Å². The molecular formula is C22H25N5O4S. The number of nitrogens with one attached hydrogen (secondary N) is 2. The molecule has 9 nitrogen and oxygen atoms in total. The number of amides is 1. The number of hydrogen-bond donors (Lipinski definition) is 2. The van der Waals surface area contributed by atoms with Crippen LogP contribution in [-0.2, 0) is 16.6 Å². The highest BCUT2D eigenvalue weighted by Crippen LogP contribution is 2.24. The van der Waals surface area contributed by atoms with Crippen LogP contribution in [0.15, 0.2) is 59.9 Å². The Balaban J connectivity index is 1.87. The Labute approximate surface area is 187 Å². The van der Waals surface area contributed by atoms with Crippen LogP contribution in [-0.4, -0.2) is 35.8 Å². The predicted molar refractivity (Wildman–Crippen MR) is 120 cm³/mol. The van der Waals surface area contributed by atoms with Crippen molar-refractivity contribution in [3.63, 3.8) is 0 Å². The maximum Gasteiger partial charge on any atom is 0.271 e. The number of aromatic nitrogens is 3. The van der Waals surface area contributed by atoms with Crippen LogP contribution in [0, 0.1) is 6.92 Å². The minimum Gasteiger partial charge on any atom is -0.470 e. The van der Waals surface area contributed by atoms with Crippen LogP contribution in [0.3, 0.4) is 0 Å². The van der Waals surface area contributed by atoms with Crippen molar-refractivity contribution in [2.24, 2.45) is 0 Å². The molecule has 0 fully saturated rings. The SMILES string of the molecule is CCCCNC(=O)c1cnc(NS(=O)(=O)c2ccc(C)cc2)c(OCc2cccnc2)n1. The number of carbonyl (C=O) groups is 1. The van der Waals surface area contributed by atoms with E-state index in [1.807, 2.05) is 13.8 Å². The molecule has 0 spiro atoms. The molecule has 32 heavy (non-hydrogen) atoms. The molecule has 10 heteroatoms. The van der Waals surface area contributed by atoms with Crippen LogP contribution in [0.5, 0.6) is 5.88 Å². The van der Waals surface area contributed by atoms with Gasteiger partial charge in [-0.1, -0.05) is 37.1 Å². The fourth-order valence-corrected chi connectivity index (χ4v) is 3.67. The lowest BCUT2D eigenvalue weighted by Crippen LogP contribution is -2.26. The number of hydrogen-bond acceptors (Lipinski definition) is 7. The molecule has 2 N–H and O–H groups in total. The average Bonchev–Trinajstić information content (AvgIpc) is 2.79. The van der Waals surface area contributed by atoms with Crippen molar-refractivity contribution in [2.45, 2.75) is 38.2 Å². The summed E-state index contributed by atoms with van der Waals surface area (Å²) in [6.45, 7) is 4.46. The number of ether oxygens (including phenoxy) is 1. The largest absolute Gasteiger partial charge is 0.470 e. The molecule has 0 radical (unpaired) electrons. The van der Waals surface area contributed by atoms with Crippen molar-refractivity contribution in [1.29, 1.82) is 0 Å². The molecule has 2 heterocycles. The van der Waals surface area contributed by atoms with Gasteiger partial charge in [0.05, 0.1) is 11.1 Å². The first-order valence-corrected chi connectivity index (χ1v) is 11.6. The van der Waals surface area contributed by atoms with Gasteiger partial charge in [0.2, 0.25) is 5.82 Å². The molecule has 0 unspecified atom stereocenters. The highest BCUT2D eigenvalue weighted by molar-refractivity contribution is 7.92. The van der Waals surface area contributed by atoms with Gasteiger partial charge in [-0.15, -0.1) is 0 Å². The predicted octanol–water partition coefficient (Wildman–Crippen LogP) is 3.09. The summed E-state index contributed by atoms with van der Waals surface area (Å²) >= 11 is 0. The van der Waals surface area contributed by atoms with Crippen LogP contribution < -0.4 is 14.8 Å². The Morgan fingerprint density at radius 3 is 2.59 bits per heavy atom. The molecule has 0 aliphatic rings. The second-order valence-corrected chi connectivity index (χ2v) is 8.77. The summed E-state index contributed by atoms with van der Waals surface area (Å²) in [6, 6.07) is 9.95. The molecule has 0 aliphatic carbocycles. The Hall–Kier alpha value is -3.53. The van der Waals surface area contributed by atoms with E-state index in [1.54, 1.807) is 36.7 Å². The van der Waals surface area contributed by atoms with Crippen LogP contribution in [0.1, 0.15) is 41.4 Å². The Morgan fingerprint density at radius 2 is 1.91 bits per heavy atom. The van der Waals surface area contributed by atoms with E-state index in [4.69, 9.17) is 4.74 Å². The van der Waals surface area contributed by atoms with E-state index in [-0.39, 0.29) is 28.9 Å². The number of aryl methyl sites for hydroxylation is 1. The number of unbranched alkanes of at least 4 members (excludes halogenated alkanes) is 1. The summed E-state index contributed by atoms with van der Waals surface area (Å²) in [7, 11) is -3.93. The summed E-state index contributed by atoms with van der Waals surface area (Å²) in [6.07, 6.45) is 6.23. The first-order valence-electron chi connectivity index (χ1n) is 10.2. The van der Waals surface area contributed by atoms with Gasteiger partial charge in [-0.05, 0) is 31.5 Å². The van der Waals surface area contributed by atoms with Crippen LogP contribution >= 0.6 is 0 Å². The monoisotopic (exact) mass is 455 g/mol. The topological polar surface area (TPSA) is 123 Å². The van der Waals surface area contributed by atoms with E-state index in [0.29, 0.717) is 6.54 Å². The van der Waals surface area contributed by atoms with Crippen LogP contribution in [0.25, 0.3) is 0 Å². The number of rotatable bonds is 10. The van der Waals surface area contributed by atoms with Gasteiger partial charge in [-0.3, -0.25) is 14.5 Å². The van der Waals surface area contributed by atoms with E-state index in [1.165, 1.54) is 18.3 Å². The minimum atomic E-state index is -3.93. The molecular weight excluding hydrogens is 430 g/mol.